The molecule has 1 N–H and O–H groups in total. The monoisotopic (exact) mass is 226 g/mol. The lowest BCUT2D eigenvalue weighted by atomic mass is 10.0. The van der Waals surface area contributed by atoms with Crippen LogP contribution >= 0.6 is 0 Å². The summed E-state index contributed by atoms with van der Waals surface area (Å²) in [7, 11) is 0. The van der Waals surface area contributed by atoms with Crippen molar-refractivity contribution < 1.29 is 0 Å². The van der Waals surface area contributed by atoms with E-state index in [4.69, 9.17) is 0 Å². The Hall–Kier alpha value is -0.0800. The minimum absolute atomic E-state index is 0.717. The number of hydrogen-bond acceptors (Lipinski definition) is 2. The number of nitrogens with one attached hydrogen (secondary N) is 1. The van der Waals surface area contributed by atoms with Gasteiger partial charge in [-0.25, -0.2) is 0 Å². The van der Waals surface area contributed by atoms with Crippen molar-refractivity contribution in [2.45, 2.75) is 58.9 Å². The van der Waals surface area contributed by atoms with Crippen LogP contribution in [-0.4, -0.2) is 37.1 Å². The molecule has 1 heterocycles. The predicted molar refractivity (Wildman–Crippen MR) is 71.8 cm³/mol. The molecule has 16 heavy (non-hydrogen) atoms. The van der Waals surface area contributed by atoms with Crippen molar-refractivity contribution in [3.05, 3.63) is 0 Å². The lowest BCUT2D eigenvalue weighted by Crippen LogP contribution is -2.43. The average molecular weight is 226 g/mol. The van der Waals surface area contributed by atoms with Crippen LogP contribution in [0.3, 0.4) is 0 Å². The maximum absolute atomic E-state index is 3.64. The molecule has 0 bridgehead atoms. The standard InChI is InChI=1S/C14H30N2/c1-4-14(5-2)12-15-11-13(3)16-9-7-6-8-10-16/h13-15H,4-12H2,1-3H3. The van der Waals surface area contributed by atoms with Crippen molar-refractivity contribution in [3.63, 3.8) is 0 Å². The Kier molecular flexibility index (Phi) is 7.06. The van der Waals surface area contributed by atoms with Crippen molar-refractivity contribution in [1.29, 1.82) is 0 Å². The predicted octanol–water partition coefficient (Wildman–Crippen LogP) is 2.89. The largest absolute Gasteiger partial charge is 0.315 e. The van der Waals surface area contributed by atoms with Crippen LogP contribution in [0.2, 0.25) is 0 Å². The molecule has 0 aromatic carbocycles. The van der Waals surface area contributed by atoms with Gasteiger partial charge in [0, 0.05) is 12.6 Å². The van der Waals surface area contributed by atoms with Gasteiger partial charge in [-0.2, -0.15) is 0 Å². The first kappa shape index (κ1) is 14.0. The van der Waals surface area contributed by atoms with Gasteiger partial charge in [0.05, 0.1) is 0 Å². The summed E-state index contributed by atoms with van der Waals surface area (Å²) in [6.45, 7) is 11.9. The van der Waals surface area contributed by atoms with Crippen molar-refractivity contribution >= 4 is 0 Å². The highest BCUT2D eigenvalue weighted by Gasteiger charge is 2.16. The quantitative estimate of drug-likeness (QED) is 0.718. The lowest BCUT2D eigenvalue weighted by Gasteiger charge is -2.32. The van der Waals surface area contributed by atoms with Gasteiger partial charge >= 0.3 is 0 Å². The molecule has 1 rings (SSSR count). The molecule has 1 unspecified atom stereocenters. The molecule has 2 nitrogen and oxygen atoms in total. The summed E-state index contributed by atoms with van der Waals surface area (Å²) in [6, 6.07) is 0.717. The SMILES string of the molecule is CCC(CC)CNCC(C)N1CCCCC1. The van der Waals surface area contributed by atoms with Gasteiger partial charge in [-0.3, -0.25) is 4.90 Å². The van der Waals surface area contributed by atoms with Crippen LogP contribution < -0.4 is 5.32 Å². The van der Waals surface area contributed by atoms with E-state index in [1.807, 2.05) is 0 Å². The highest BCUT2D eigenvalue weighted by Crippen LogP contribution is 2.11. The Morgan fingerprint density at radius 1 is 1.00 bits per heavy atom. The molecule has 1 atom stereocenters. The van der Waals surface area contributed by atoms with E-state index in [9.17, 15) is 0 Å². The van der Waals surface area contributed by atoms with Crippen molar-refractivity contribution in [3.8, 4) is 0 Å². The van der Waals surface area contributed by atoms with E-state index >= 15 is 0 Å². The van der Waals surface area contributed by atoms with E-state index in [1.54, 1.807) is 0 Å². The molecular formula is C14H30N2. The molecule has 1 saturated heterocycles. The second-order valence-electron chi connectivity index (χ2n) is 5.29. The Labute approximate surface area is 102 Å². The zero-order chi connectivity index (χ0) is 11.8. The van der Waals surface area contributed by atoms with Gasteiger partial charge in [-0.05, 0) is 45.3 Å². The van der Waals surface area contributed by atoms with E-state index in [0.717, 1.165) is 18.5 Å². The van der Waals surface area contributed by atoms with E-state index in [-0.39, 0.29) is 0 Å². The van der Waals surface area contributed by atoms with Gasteiger partial charge in [-0.15, -0.1) is 0 Å². The molecule has 0 saturated carbocycles. The highest BCUT2D eigenvalue weighted by molar-refractivity contribution is 4.73. The second-order valence-corrected chi connectivity index (χ2v) is 5.29. The fourth-order valence-electron chi connectivity index (χ4n) is 2.56. The maximum Gasteiger partial charge on any atom is 0.0192 e. The Morgan fingerprint density at radius 2 is 1.62 bits per heavy atom. The lowest BCUT2D eigenvalue weighted by molar-refractivity contribution is 0.169. The first-order valence-corrected chi connectivity index (χ1v) is 7.22. The first-order chi connectivity index (χ1) is 7.77. The fourth-order valence-corrected chi connectivity index (χ4v) is 2.56. The molecule has 0 spiro atoms. The van der Waals surface area contributed by atoms with Gasteiger partial charge in [0.25, 0.3) is 0 Å². The van der Waals surface area contributed by atoms with Crippen LogP contribution in [0.25, 0.3) is 0 Å². The number of piperidine rings is 1. The molecule has 0 aliphatic carbocycles. The molecule has 0 aromatic heterocycles. The summed E-state index contributed by atoms with van der Waals surface area (Å²) in [5.74, 6) is 0.869. The molecule has 96 valence electrons. The van der Waals surface area contributed by atoms with Gasteiger partial charge < -0.3 is 5.32 Å². The summed E-state index contributed by atoms with van der Waals surface area (Å²) in [5, 5.41) is 3.64. The smallest absolute Gasteiger partial charge is 0.0192 e. The molecule has 0 aromatic rings. The number of likely N-dealkylation sites (tertiary alicyclic amines) is 1. The van der Waals surface area contributed by atoms with Crippen molar-refractivity contribution in [2.75, 3.05) is 26.2 Å². The van der Waals surface area contributed by atoms with Crippen molar-refractivity contribution in [2.24, 2.45) is 5.92 Å². The Bertz CT molecular complexity index is 160. The molecular weight excluding hydrogens is 196 g/mol. The van der Waals surface area contributed by atoms with E-state index in [2.05, 4.69) is 31.0 Å². The fraction of sp³-hybridized carbons (Fsp3) is 1.00. The summed E-state index contributed by atoms with van der Waals surface area (Å²) in [6.07, 6.45) is 6.85. The summed E-state index contributed by atoms with van der Waals surface area (Å²) < 4.78 is 0. The zero-order valence-corrected chi connectivity index (χ0v) is 11.5. The van der Waals surface area contributed by atoms with Gasteiger partial charge in [0.15, 0.2) is 0 Å². The first-order valence-electron chi connectivity index (χ1n) is 7.22. The number of hydrogen-bond donors (Lipinski definition) is 1. The maximum atomic E-state index is 3.64. The molecule has 1 aliphatic heterocycles. The van der Waals surface area contributed by atoms with Crippen LogP contribution in [0.1, 0.15) is 52.9 Å². The van der Waals surface area contributed by atoms with Crippen LogP contribution in [0.15, 0.2) is 0 Å². The molecule has 1 fully saturated rings. The highest BCUT2D eigenvalue weighted by atomic mass is 15.2. The molecule has 1 aliphatic rings. The van der Waals surface area contributed by atoms with Crippen LogP contribution in [0.5, 0.6) is 0 Å². The third-order valence-electron chi connectivity index (χ3n) is 4.04. The number of nitrogens with zero attached hydrogens (tertiary/aromatic N) is 1. The minimum atomic E-state index is 0.717. The van der Waals surface area contributed by atoms with Crippen molar-refractivity contribution in [1.82, 2.24) is 10.2 Å². The van der Waals surface area contributed by atoms with E-state index in [1.165, 1.54) is 51.7 Å². The van der Waals surface area contributed by atoms with Crippen LogP contribution in [-0.2, 0) is 0 Å². The minimum Gasteiger partial charge on any atom is -0.315 e. The third kappa shape index (κ3) is 4.84. The van der Waals surface area contributed by atoms with Gasteiger partial charge in [0.1, 0.15) is 0 Å². The van der Waals surface area contributed by atoms with Gasteiger partial charge in [-0.1, -0.05) is 33.1 Å². The van der Waals surface area contributed by atoms with Crippen LogP contribution in [0, 0.1) is 5.92 Å². The van der Waals surface area contributed by atoms with E-state index < -0.39 is 0 Å². The van der Waals surface area contributed by atoms with Gasteiger partial charge in [0.2, 0.25) is 0 Å². The summed E-state index contributed by atoms with van der Waals surface area (Å²) in [5.41, 5.74) is 0. The molecule has 2 heteroatoms. The summed E-state index contributed by atoms with van der Waals surface area (Å²) >= 11 is 0. The Balaban J connectivity index is 2.11. The average Bonchev–Trinajstić information content (AvgIpc) is 2.35. The second kappa shape index (κ2) is 8.08. The topological polar surface area (TPSA) is 15.3 Å². The molecule has 0 amide bonds. The normalized spacial score (nSPS) is 20.2. The summed E-state index contributed by atoms with van der Waals surface area (Å²) in [4.78, 5) is 2.64. The third-order valence-corrected chi connectivity index (χ3v) is 4.04. The Morgan fingerprint density at radius 3 is 2.19 bits per heavy atom. The van der Waals surface area contributed by atoms with E-state index in [0.29, 0.717) is 0 Å². The zero-order valence-electron chi connectivity index (χ0n) is 11.5. The van der Waals surface area contributed by atoms with Crippen LogP contribution in [0.4, 0.5) is 0 Å². The number of rotatable bonds is 7. The molecule has 0 radical (unpaired) electrons.